The Bertz CT molecular complexity index is 1050. The number of carbonyl (C=O) groups excluding carboxylic acids is 1. The molecule has 31 heavy (non-hydrogen) atoms. The molecule has 0 aliphatic rings. The molecule has 0 saturated carbocycles. The molecule has 0 fully saturated rings. The Hall–Kier alpha value is -3.01. The quantitative estimate of drug-likeness (QED) is 0.400. The van der Waals surface area contributed by atoms with Crippen LogP contribution in [0.4, 0.5) is 10.6 Å². The van der Waals surface area contributed by atoms with Crippen molar-refractivity contribution in [1.82, 2.24) is 25.1 Å². The lowest BCUT2D eigenvalue weighted by molar-refractivity contribution is 0.0525. The third kappa shape index (κ3) is 6.24. The lowest BCUT2D eigenvalue weighted by atomic mass is 10.2. The number of hydrogen-bond donors (Lipinski definition) is 2. The lowest BCUT2D eigenvalue weighted by Gasteiger charge is -2.19. The zero-order valence-electron chi connectivity index (χ0n) is 18.4. The van der Waals surface area contributed by atoms with Crippen LogP contribution >= 0.6 is 11.8 Å². The molecule has 0 saturated heterocycles. The zero-order chi connectivity index (χ0) is 22.4. The minimum atomic E-state index is -0.535. The average Bonchev–Trinajstić information content (AvgIpc) is 3.13. The van der Waals surface area contributed by atoms with Crippen molar-refractivity contribution >= 4 is 34.7 Å². The summed E-state index contributed by atoms with van der Waals surface area (Å²) in [5.74, 6) is 1.52. The van der Waals surface area contributed by atoms with Crippen molar-refractivity contribution in [1.29, 1.82) is 0 Å². The second-order valence-electron chi connectivity index (χ2n) is 7.80. The number of methoxy groups -OCH3 is 1. The maximum atomic E-state index is 11.9. The maximum Gasteiger partial charge on any atom is 0.407 e. The Morgan fingerprint density at radius 3 is 2.77 bits per heavy atom. The third-order valence-corrected chi connectivity index (χ3v) is 4.79. The number of carbonyl (C=O) groups is 1. The summed E-state index contributed by atoms with van der Waals surface area (Å²) in [4.78, 5) is 21.1. The average molecular weight is 445 g/mol. The molecule has 0 radical (unpaired) electrons. The fourth-order valence-electron chi connectivity index (χ4n) is 2.87. The van der Waals surface area contributed by atoms with Crippen molar-refractivity contribution in [2.24, 2.45) is 0 Å². The summed E-state index contributed by atoms with van der Waals surface area (Å²) < 4.78 is 12.3. The predicted octanol–water partition coefficient (Wildman–Crippen LogP) is 3.69. The molecule has 2 N–H and O–H groups in total. The molecule has 0 unspecified atom stereocenters. The lowest BCUT2D eigenvalue weighted by Crippen LogP contribution is -2.34. The van der Waals surface area contributed by atoms with Gasteiger partial charge in [0.15, 0.2) is 10.8 Å². The molecule has 0 spiro atoms. The molecule has 2 aromatic heterocycles. The van der Waals surface area contributed by atoms with E-state index in [4.69, 9.17) is 9.47 Å². The Balaban J connectivity index is 1.73. The molecule has 0 bridgehead atoms. The number of benzene rings is 1. The highest BCUT2D eigenvalue weighted by atomic mass is 32.2. The van der Waals surface area contributed by atoms with Gasteiger partial charge >= 0.3 is 6.09 Å². The molecular formula is C21H28N6O3S. The first-order valence-electron chi connectivity index (χ1n) is 9.90. The Labute approximate surface area is 185 Å². The van der Waals surface area contributed by atoms with E-state index in [2.05, 4.69) is 25.7 Å². The molecule has 0 atom stereocenters. The second-order valence-corrected chi connectivity index (χ2v) is 8.57. The number of hydrogen-bond acceptors (Lipinski definition) is 8. The number of fused-ring (bicyclic) bond motifs is 1. The SMILES string of the molecule is COc1cccc(CNc2nc(SC)nc3c2cnn3CCNC(=O)OC(C)(C)C)c1. The summed E-state index contributed by atoms with van der Waals surface area (Å²) in [5.41, 5.74) is 1.25. The fraction of sp³-hybridized carbons (Fsp3) is 0.429. The number of rotatable bonds is 8. The van der Waals surface area contributed by atoms with Gasteiger partial charge in [-0.3, -0.25) is 0 Å². The van der Waals surface area contributed by atoms with Crippen LogP contribution in [0.2, 0.25) is 0 Å². The highest BCUT2D eigenvalue weighted by molar-refractivity contribution is 7.98. The monoisotopic (exact) mass is 444 g/mol. The van der Waals surface area contributed by atoms with E-state index in [9.17, 15) is 4.79 Å². The maximum absolute atomic E-state index is 11.9. The molecule has 166 valence electrons. The van der Waals surface area contributed by atoms with E-state index in [1.54, 1.807) is 18.0 Å². The van der Waals surface area contributed by atoms with Gasteiger partial charge < -0.3 is 20.1 Å². The molecule has 10 heteroatoms. The van der Waals surface area contributed by atoms with Gasteiger partial charge in [0.2, 0.25) is 0 Å². The van der Waals surface area contributed by atoms with Crippen LogP contribution in [0.3, 0.4) is 0 Å². The normalized spacial score (nSPS) is 11.4. The van der Waals surface area contributed by atoms with E-state index >= 15 is 0 Å². The first-order valence-corrected chi connectivity index (χ1v) is 11.1. The second kappa shape index (κ2) is 9.86. The number of amides is 1. The van der Waals surface area contributed by atoms with Crippen molar-refractivity contribution in [2.75, 3.05) is 25.2 Å². The van der Waals surface area contributed by atoms with Gasteiger partial charge in [-0.1, -0.05) is 23.9 Å². The minimum Gasteiger partial charge on any atom is -0.497 e. The number of thioether (sulfide) groups is 1. The number of ether oxygens (including phenoxy) is 2. The molecular weight excluding hydrogens is 416 g/mol. The van der Waals surface area contributed by atoms with Crippen molar-refractivity contribution in [3.63, 3.8) is 0 Å². The van der Waals surface area contributed by atoms with Crippen LogP contribution in [0.5, 0.6) is 5.75 Å². The first kappa shape index (κ1) is 22.7. The highest BCUT2D eigenvalue weighted by Gasteiger charge is 2.16. The zero-order valence-corrected chi connectivity index (χ0v) is 19.2. The fourth-order valence-corrected chi connectivity index (χ4v) is 3.23. The first-order chi connectivity index (χ1) is 14.8. The van der Waals surface area contributed by atoms with Crippen LogP contribution < -0.4 is 15.4 Å². The van der Waals surface area contributed by atoms with Gasteiger partial charge in [-0.2, -0.15) is 5.10 Å². The summed E-state index contributed by atoms with van der Waals surface area (Å²) in [5, 5.41) is 12.0. The standard InChI is InChI=1S/C21H28N6O3S/c1-21(2,3)30-20(28)22-9-10-27-18-16(13-24-27)17(25-19(26-18)31-5)23-12-14-7-6-8-15(11-14)29-4/h6-8,11,13H,9-10,12H2,1-5H3,(H,22,28)(H,23,25,26). The van der Waals surface area contributed by atoms with Crippen LogP contribution in [-0.2, 0) is 17.8 Å². The van der Waals surface area contributed by atoms with Crippen molar-refractivity contribution < 1.29 is 14.3 Å². The number of anilines is 1. The number of nitrogens with one attached hydrogen (secondary N) is 2. The van der Waals surface area contributed by atoms with Crippen molar-refractivity contribution in [2.45, 2.75) is 44.6 Å². The van der Waals surface area contributed by atoms with E-state index in [0.717, 1.165) is 16.7 Å². The molecule has 0 aliphatic heterocycles. The van der Waals surface area contributed by atoms with Gasteiger partial charge in [-0.15, -0.1) is 0 Å². The summed E-state index contributed by atoms with van der Waals surface area (Å²) >= 11 is 1.46. The summed E-state index contributed by atoms with van der Waals surface area (Å²) in [6, 6.07) is 7.86. The molecule has 1 amide bonds. The predicted molar refractivity (Wildman–Crippen MR) is 122 cm³/mol. The third-order valence-electron chi connectivity index (χ3n) is 4.24. The van der Waals surface area contributed by atoms with Crippen LogP contribution in [0, 0.1) is 0 Å². The molecule has 3 aromatic rings. The molecule has 9 nitrogen and oxygen atoms in total. The van der Waals surface area contributed by atoms with Gasteiger partial charge in [0.05, 0.1) is 25.2 Å². The number of nitrogens with zero attached hydrogens (tertiary/aromatic N) is 4. The van der Waals surface area contributed by atoms with Crippen LogP contribution in [0.1, 0.15) is 26.3 Å². The Kier molecular flexibility index (Phi) is 7.21. The van der Waals surface area contributed by atoms with Gasteiger partial charge in [0, 0.05) is 13.1 Å². The van der Waals surface area contributed by atoms with Crippen LogP contribution in [0.15, 0.2) is 35.6 Å². The Morgan fingerprint density at radius 2 is 2.06 bits per heavy atom. The van der Waals surface area contributed by atoms with E-state index in [1.807, 2.05) is 51.3 Å². The van der Waals surface area contributed by atoms with Gasteiger partial charge in [-0.05, 0) is 44.7 Å². The number of aromatic nitrogens is 4. The molecule has 1 aromatic carbocycles. The smallest absolute Gasteiger partial charge is 0.407 e. The molecule has 3 rings (SSSR count). The highest BCUT2D eigenvalue weighted by Crippen LogP contribution is 2.24. The van der Waals surface area contributed by atoms with Crippen molar-refractivity contribution in [3.05, 3.63) is 36.0 Å². The van der Waals surface area contributed by atoms with Crippen LogP contribution in [0.25, 0.3) is 11.0 Å². The Morgan fingerprint density at radius 1 is 1.26 bits per heavy atom. The van der Waals surface area contributed by atoms with Crippen molar-refractivity contribution in [3.8, 4) is 5.75 Å². The van der Waals surface area contributed by atoms with Crippen LogP contribution in [-0.4, -0.2) is 51.4 Å². The molecule has 0 aliphatic carbocycles. The van der Waals surface area contributed by atoms with E-state index in [-0.39, 0.29) is 0 Å². The van der Waals surface area contributed by atoms with Gasteiger partial charge in [0.25, 0.3) is 0 Å². The summed E-state index contributed by atoms with van der Waals surface area (Å²) in [6.07, 6.45) is 3.21. The van der Waals surface area contributed by atoms with Gasteiger partial charge in [0.1, 0.15) is 17.2 Å². The number of alkyl carbamates (subject to hydrolysis) is 1. The molecule has 2 heterocycles. The summed E-state index contributed by atoms with van der Waals surface area (Å²) in [6.45, 7) is 6.90. The van der Waals surface area contributed by atoms with Gasteiger partial charge in [-0.25, -0.2) is 19.4 Å². The summed E-state index contributed by atoms with van der Waals surface area (Å²) in [7, 11) is 1.65. The van der Waals surface area contributed by atoms with E-state index < -0.39 is 11.7 Å². The van der Waals surface area contributed by atoms with E-state index in [0.29, 0.717) is 36.3 Å². The minimum absolute atomic E-state index is 0.372. The largest absolute Gasteiger partial charge is 0.497 e. The topological polar surface area (TPSA) is 103 Å². The van der Waals surface area contributed by atoms with E-state index in [1.165, 1.54) is 11.8 Å².